The van der Waals surface area contributed by atoms with Gasteiger partial charge in [0, 0.05) is 48.2 Å². The second-order valence-corrected chi connectivity index (χ2v) is 8.32. The number of carbonyl (C=O) groups is 2. The molecule has 2 N–H and O–H groups in total. The summed E-state index contributed by atoms with van der Waals surface area (Å²) in [5.41, 5.74) is 2.62. The maximum Gasteiger partial charge on any atom is 0.256 e. The van der Waals surface area contributed by atoms with Crippen molar-refractivity contribution < 1.29 is 9.59 Å². The number of para-hydroxylation sites is 1. The van der Waals surface area contributed by atoms with Gasteiger partial charge in [-0.2, -0.15) is 0 Å². The van der Waals surface area contributed by atoms with Gasteiger partial charge in [0.1, 0.15) is 0 Å². The summed E-state index contributed by atoms with van der Waals surface area (Å²) in [5, 5.41) is 4.57. The number of nitrogens with one attached hydrogen (secondary N) is 2. The van der Waals surface area contributed by atoms with Crippen molar-refractivity contribution in [1.82, 2.24) is 15.2 Å². The second-order valence-electron chi connectivity index (χ2n) is 7.91. The predicted octanol–water partition coefficient (Wildman–Crippen LogP) is 4.77. The highest BCUT2D eigenvalue weighted by atomic mass is 35.5. The normalized spacial score (nSPS) is 16.6. The lowest BCUT2D eigenvalue weighted by Gasteiger charge is -2.32. The second kappa shape index (κ2) is 9.35. The Bertz CT molecular complexity index is 1050. The van der Waals surface area contributed by atoms with Gasteiger partial charge in [-0.3, -0.25) is 9.59 Å². The Morgan fingerprint density at radius 2 is 1.93 bits per heavy atom. The Labute approximate surface area is 181 Å². The predicted molar refractivity (Wildman–Crippen MR) is 119 cm³/mol. The van der Waals surface area contributed by atoms with Crippen molar-refractivity contribution in [3.8, 4) is 0 Å². The molecule has 0 radical (unpaired) electrons. The first-order valence-corrected chi connectivity index (χ1v) is 10.8. The van der Waals surface area contributed by atoms with Gasteiger partial charge >= 0.3 is 0 Å². The Balaban J connectivity index is 1.29. The largest absolute Gasteiger partial charge is 0.360 e. The third kappa shape index (κ3) is 4.68. The lowest BCUT2D eigenvalue weighted by Crippen LogP contribution is -2.40. The van der Waals surface area contributed by atoms with Crippen LogP contribution in [0.5, 0.6) is 0 Å². The summed E-state index contributed by atoms with van der Waals surface area (Å²) >= 11 is 6.14. The smallest absolute Gasteiger partial charge is 0.256 e. The molecule has 1 atom stereocenters. The van der Waals surface area contributed by atoms with Crippen molar-refractivity contribution in [2.75, 3.05) is 13.1 Å². The average Bonchev–Trinajstić information content (AvgIpc) is 3.21. The van der Waals surface area contributed by atoms with Crippen molar-refractivity contribution in [2.45, 2.75) is 32.2 Å². The third-order valence-electron chi connectivity index (χ3n) is 5.84. The van der Waals surface area contributed by atoms with Crippen molar-refractivity contribution in [3.63, 3.8) is 0 Å². The highest BCUT2D eigenvalue weighted by Crippen LogP contribution is 2.25. The summed E-state index contributed by atoms with van der Waals surface area (Å²) in [6.45, 7) is 1.91. The molecule has 0 aliphatic carbocycles. The van der Waals surface area contributed by atoms with Crippen LogP contribution >= 0.6 is 11.6 Å². The maximum absolute atomic E-state index is 13.1. The van der Waals surface area contributed by atoms with E-state index in [9.17, 15) is 9.59 Å². The summed E-state index contributed by atoms with van der Waals surface area (Å²) < 4.78 is 0. The lowest BCUT2D eigenvalue weighted by molar-refractivity contribution is -0.121. The van der Waals surface area contributed by atoms with Crippen LogP contribution in [0.1, 0.15) is 41.6 Å². The molecule has 6 heteroatoms. The number of hydrogen-bond donors (Lipinski definition) is 2. The van der Waals surface area contributed by atoms with E-state index in [1.807, 2.05) is 53.4 Å². The van der Waals surface area contributed by atoms with Crippen LogP contribution in [0.2, 0.25) is 5.02 Å². The summed E-state index contributed by atoms with van der Waals surface area (Å²) in [6, 6.07) is 15.4. The fourth-order valence-electron chi connectivity index (χ4n) is 4.16. The SMILES string of the molecule is O=C(CCC1CCCN(C(=O)c2c[nH]c3ccccc23)C1)NCc1ccccc1Cl. The molecule has 2 aromatic carbocycles. The minimum Gasteiger partial charge on any atom is -0.360 e. The average molecular weight is 424 g/mol. The molecule has 2 amide bonds. The molecule has 1 aromatic heterocycles. The quantitative estimate of drug-likeness (QED) is 0.599. The number of aromatic amines is 1. The molecule has 4 rings (SSSR count). The molecule has 0 spiro atoms. The number of H-pyrrole nitrogens is 1. The Kier molecular flexibility index (Phi) is 6.38. The van der Waals surface area contributed by atoms with Gasteiger partial charge in [0.15, 0.2) is 0 Å². The van der Waals surface area contributed by atoms with E-state index < -0.39 is 0 Å². The van der Waals surface area contributed by atoms with Gasteiger partial charge in [0.2, 0.25) is 5.91 Å². The fourth-order valence-corrected chi connectivity index (χ4v) is 4.37. The van der Waals surface area contributed by atoms with Crippen molar-refractivity contribution in [1.29, 1.82) is 0 Å². The van der Waals surface area contributed by atoms with Crippen LogP contribution in [-0.4, -0.2) is 34.8 Å². The molecule has 1 saturated heterocycles. The highest BCUT2D eigenvalue weighted by Gasteiger charge is 2.26. The molecule has 2 heterocycles. The number of halogens is 1. The van der Waals surface area contributed by atoms with E-state index in [2.05, 4.69) is 10.3 Å². The highest BCUT2D eigenvalue weighted by molar-refractivity contribution is 6.31. The number of amides is 2. The van der Waals surface area contributed by atoms with E-state index >= 15 is 0 Å². The molecule has 0 bridgehead atoms. The van der Waals surface area contributed by atoms with Gasteiger partial charge in [-0.05, 0) is 42.9 Å². The van der Waals surface area contributed by atoms with Gasteiger partial charge in [0.25, 0.3) is 5.91 Å². The van der Waals surface area contributed by atoms with E-state index in [0.29, 0.717) is 30.5 Å². The number of rotatable bonds is 6. The fraction of sp³-hybridized carbons (Fsp3) is 0.333. The maximum atomic E-state index is 13.1. The summed E-state index contributed by atoms with van der Waals surface area (Å²) in [7, 11) is 0. The number of fused-ring (bicyclic) bond motifs is 1. The topological polar surface area (TPSA) is 65.2 Å². The van der Waals surface area contributed by atoms with E-state index in [0.717, 1.165) is 47.8 Å². The molecule has 1 aliphatic rings. The monoisotopic (exact) mass is 423 g/mol. The number of aromatic nitrogens is 1. The molecular formula is C24H26ClN3O2. The number of likely N-dealkylation sites (tertiary alicyclic amines) is 1. The molecule has 1 fully saturated rings. The molecule has 1 unspecified atom stereocenters. The van der Waals surface area contributed by atoms with Gasteiger partial charge in [0.05, 0.1) is 5.56 Å². The summed E-state index contributed by atoms with van der Waals surface area (Å²) in [5.74, 6) is 0.439. The van der Waals surface area contributed by atoms with Gasteiger partial charge in [-0.15, -0.1) is 0 Å². The minimum absolute atomic E-state index is 0.0231. The van der Waals surface area contributed by atoms with E-state index in [-0.39, 0.29) is 11.8 Å². The first-order chi connectivity index (χ1) is 14.6. The Hall–Kier alpha value is -2.79. The van der Waals surface area contributed by atoms with Crippen molar-refractivity contribution >= 4 is 34.3 Å². The summed E-state index contributed by atoms with van der Waals surface area (Å²) in [6.07, 6.45) is 5.07. The number of benzene rings is 2. The van der Waals surface area contributed by atoms with E-state index in [1.54, 1.807) is 6.20 Å². The van der Waals surface area contributed by atoms with Gasteiger partial charge in [-0.25, -0.2) is 0 Å². The zero-order valence-corrected chi connectivity index (χ0v) is 17.6. The van der Waals surface area contributed by atoms with Crippen LogP contribution in [-0.2, 0) is 11.3 Å². The van der Waals surface area contributed by atoms with Crippen LogP contribution in [0, 0.1) is 5.92 Å². The van der Waals surface area contributed by atoms with Gasteiger partial charge in [-0.1, -0.05) is 48.0 Å². The molecule has 3 aromatic rings. The van der Waals surface area contributed by atoms with Crippen LogP contribution in [0.25, 0.3) is 10.9 Å². The molecule has 156 valence electrons. The molecule has 5 nitrogen and oxygen atoms in total. The van der Waals surface area contributed by atoms with Crippen LogP contribution < -0.4 is 5.32 Å². The van der Waals surface area contributed by atoms with Crippen molar-refractivity contribution in [2.24, 2.45) is 5.92 Å². The van der Waals surface area contributed by atoms with Crippen molar-refractivity contribution in [3.05, 3.63) is 70.9 Å². The standard InChI is InChI=1S/C24H26ClN3O2/c25-21-9-3-1-7-18(21)14-27-23(29)12-11-17-6-5-13-28(16-17)24(30)20-15-26-22-10-4-2-8-19(20)22/h1-4,7-10,15,17,26H,5-6,11-14,16H2,(H,27,29). The number of carbonyl (C=O) groups excluding carboxylic acids is 2. The zero-order valence-electron chi connectivity index (χ0n) is 16.9. The first-order valence-electron chi connectivity index (χ1n) is 10.5. The first kappa shape index (κ1) is 20.5. The molecular weight excluding hydrogens is 398 g/mol. The van der Waals surface area contributed by atoms with E-state index in [1.165, 1.54) is 0 Å². The minimum atomic E-state index is 0.0231. The van der Waals surface area contributed by atoms with Crippen LogP contribution in [0.3, 0.4) is 0 Å². The van der Waals surface area contributed by atoms with Gasteiger partial charge < -0.3 is 15.2 Å². The Morgan fingerprint density at radius 1 is 1.13 bits per heavy atom. The molecule has 30 heavy (non-hydrogen) atoms. The number of nitrogens with zero attached hydrogens (tertiary/aromatic N) is 1. The number of piperidine rings is 1. The zero-order chi connectivity index (χ0) is 20.9. The number of hydrogen-bond acceptors (Lipinski definition) is 2. The van der Waals surface area contributed by atoms with Crippen LogP contribution in [0.15, 0.2) is 54.7 Å². The van der Waals surface area contributed by atoms with E-state index in [4.69, 9.17) is 11.6 Å². The lowest BCUT2D eigenvalue weighted by atomic mass is 9.92. The Morgan fingerprint density at radius 3 is 2.80 bits per heavy atom. The van der Waals surface area contributed by atoms with Crippen LogP contribution in [0.4, 0.5) is 0 Å². The molecule has 0 saturated carbocycles. The summed E-state index contributed by atoms with van der Waals surface area (Å²) in [4.78, 5) is 30.5. The third-order valence-corrected chi connectivity index (χ3v) is 6.21. The molecule has 1 aliphatic heterocycles.